The van der Waals surface area contributed by atoms with Gasteiger partial charge in [0.05, 0.1) is 6.61 Å². The first-order valence-corrected chi connectivity index (χ1v) is 7.44. The van der Waals surface area contributed by atoms with Crippen LogP contribution in [0, 0.1) is 5.92 Å². The first-order chi connectivity index (χ1) is 10.1. The van der Waals surface area contributed by atoms with Crippen molar-refractivity contribution in [1.29, 1.82) is 0 Å². The number of hydrogen-bond donors (Lipinski definition) is 2. The summed E-state index contributed by atoms with van der Waals surface area (Å²) in [6.07, 6.45) is 0. The molecule has 1 heterocycles. The number of rotatable bonds is 6. The highest BCUT2D eigenvalue weighted by atomic mass is 16.5. The lowest BCUT2D eigenvalue weighted by Gasteiger charge is -2.17. The second-order valence-electron chi connectivity index (χ2n) is 5.52. The van der Waals surface area contributed by atoms with Crippen molar-refractivity contribution in [2.75, 3.05) is 26.3 Å². The van der Waals surface area contributed by atoms with Gasteiger partial charge in [-0.15, -0.1) is 0 Å². The highest BCUT2D eigenvalue weighted by molar-refractivity contribution is 5.73. The fourth-order valence-electron chi connectivity index (χ4n) is 2.82. The van der Waals surface area contributed by atoms with Gasteiger partial charge < -0.3 is 15.2 Å². The molecule has 1 aromatic rings. The van der Waals surface area contributed by atoms with Crippen molar-refractivity contribution in [2.24, 2.45) is 5.92 Å². The second-order valence-corrected chi connectivity index (χ2v) is 5.52. The molecule has 0 bridgehead atoms. The Hall–Kier alpha value is -1.59. The zero-order valence-corrected chi connectivity index (χ0v) is 12.7. The van der Waals surface area contributed by atoms with Gasteiger partial charge in [0.1, 0.15) is 5.75 Å². The number of aliphatic hydroxyl groups is 1. The number of nitrogens with one attached hydrogen (secondary N) is 1. The summed E-state index contributed by atoms with van der Waals surface area (Å²) in [5.74, 6) is 0.949. The fraction of sp³-hybridized carbons (Fsp3) is 0.562. The summed E-state index contributed by atoms with van der Waals surface area (Å²) in [6, 6.07) is 8.11. The minimum absolute atomic E-state index is 0.0372. The number of likely N-dealkylation sites (tertiary alicyclic amines) is 1. The molecule has 5 heteroatoms. The van der Waals surface area contributed by atoms with Crippen LogP contribution < -0.4 is 10.1 Å². The summed E-state index contributed by atoms with van der Waals surface area (Å²) >= 11 is 0. The molecule has 2 N–H and O–H groups in total. The second kappa shape index (κ2) is 7.43. The Kier molecular flexibility index (Phi) is 5.59. The fourth-order valence-corrected chi connectivity index (χ4v) is 2.82. The van der Waals surface area contributed by atoms with Crippen molar-refractivity contribution in [2.45, 2.75) is 26.4 Å². The van der Waals surface area contributed by atoms with Gasteiger partial charge in [0.25, 0.3) is 0 Å². The number of hydrogen-bond acceptors (Lipinski definition) is 4. The molecule has 1 aliphatic heterocycles. The number of benzene rings is 1. The van der Waals surface area contributed by atoms with E-state index in [0.717, 1.165) is 25.4 Å². The maximum Gasteiger partial charge on any atom is 0.217 e. The van der Waals surface area contributed by atoms with Gasteiger partial charge in [0.15, 0.2) is 0 Å². The van der Waals surface area contributed by atoms with Crippen LogP contribution >= 0.6 is 0 Å². The topological polar surface area (TPSA) is 61.8 Å². The average Bonchev–Trinajstić information content (AvgIpc) is 2.82. The van der Waals surface area contributed by atoms with Crippen LogP contribution in [0.2, 0.25) is 0 Å². The van der Waals surface area contributed by atoms with Crippen LogP contribution in [0.1, 0.15) is 19.4 Å². The number of amides is 1. The Balaban J connectivity index is 1.92. The molecular weight excluding hydrogens is 268 g/mol. The predicted octanol–water partition coefficient (Wildman–Crippen LogP) is 1.01. The van der Waals surface area contributed by atoms with Crippen LogP contribution in [0.3, 0.4) is 0 Å². The number of aliphatic hydroxyl groups excluding tert-OH is 1. The lowest BCUT2D eigenvalue weighted by Crippen LogP contribution is -2.40. The lowest BCUT2D eigenvalue weighted by atomic mass is 10.1. The van der Waals surface area contributed by atoms with Gasteiger partial charge in [-0.2, -0.15) is 0 Å². The van der Waals surface area contributed by atoms with E-state index in [-0.39, 0.29) is 24.5 Å². The van der Waals surface area contributed by atoms with Gasteiger partial charge in [0, 0.05) is 45.1 Å². The summed E-state index contributed by atoms with van der Waals surface area (Å²) in [5, 5.41) is 12.4. The van der Waals surface area contributed by atoms with Gasteiger partial charge in [-0.3, -0.25) is 9.69 Å². The van der Waals surface area contributed by atoms with Gasteiger partial charge in [0.2, 0.25) is 5.91 Å². The maximum atomic E-state index is 11.2. The van der Waals surface area contributed by atoms with Crippen LogP contribution in [0.4, 0.5) is 0 Å². The van der Waals surface area contributed by atoms with E-state index in [4.69, 9.17) is 4.74 Å². The molecule has 0 aliphatic carbocycles. The largest absolute Gasteiger partial charge is 0.494 e. The molecular formula is C16H24N2O3. The van der Waals surface area contributed by atoms with Crippen molar-refractivity contribution in [3.63, 3.8) is 0 Å². The SMILES string of the molecule is CCOc1ccc(CN2C[C@@H](CO)[C@H](NC(C)=O)C2)cc1. The third-order valence-corrected chi connectivity index (χ3v) is 3.78. The van der Waals surface area contributed by atoms with Crippen LogP contribution in [-0.2, 0) is 11.3 Å². The minimum atomic E-state index is -0.0404. The van der Waals surface area contributed by atoms with E-state index in [1.54, 1.807) is 0 Å². The summed E-state index contributed by atoms with van der Waals surface area (Å²) in [6.45, 7) is 6.65. The molecule has 1 aliphatic rings. The monoisotopic (exact) mass is 292 g/mol. The standard InChI is InChI=1S/C16H24N2O3/c1-3-21-15-6-4-13(5-7-15)8-18-9-14(11-19)16(10-18)17-12(2)20/h4-7,14,16,19H,3,8-11H2,1-2H3,(H,17,20)/t14-,16+/m0/s1. The highest BCUT2D eigenvalue weighted by Gasteiger charge is 2.32. The summed E-state index contributed by atoms with van der Waals surface area (Å²) in [7, 11) is 0. The van der Waals surface area contributed by atoms with Crippen molar-refractivity contribution in [3.05, 3.63) is 29.8 Å². The highest BCUT2D eigenvalue weighted by Crippen LogP contribution is 2.20. The molecule has 1 saturated heterocycles. The average molecular weight is 292 g/mol. The third-order valence-electron chi connectivity index (χ3n) is 3.78. The molecule has 5 nitrogen and oxygen atoms in total. The molecule has 0 spiro atoms. The van der Waals surface area contributed by atoms with Crippen LogP contribution in [0.15, 0.2) is 24.3 Å². The number of ether oxygens (including phenoxy) is 1. The summed E-state index contributed by atoms with van der Waals surface area (Å²) in [4.78, 5) is 13.5. The number of carbonyl (C=O) groups excluding carboxylic acids is 1. The molecule has 21 heavy (non-hydrogen) atoms. The molecule has 0 radical (unpaired) electrons. The van der Waals surface area contributed by atoms with Crippen molar-refractivity contribution in [3.8, 4) is 5.75 Å². The van der Waals surface area contributed by atoms with Crippen molar-refractivity contribution < 1.29 is 14.6 Å². The van der Waals surface area contributed by atoms with E-state index in [0.29, 0.717) is 6.61 Å². The Morgan fingerprint density at radius 3 is 2.67 bits per heavy atom. The molecule has 0 aromatic heterocycles. The number of nitrogens with zero attached hydrogens (tertiary/aromatic N) is 1. The quantitative estimate of drug-likeness (QED) is 0.821. The third kappa shape index (κ3) is 4.44. The van der Waals surface area contributed by atoms with E-state index >= 15 is 0 Å². The molecule has 2 rings (SSSR count). The molecule has 116 valence electrons. The van der Waals surface area contributed by atoms with Gasteiger partial charge >= 0.3 is 0 Å². The Morgan fingerprint density at radius 2 is 2.10 bits per heavy atom. The van der Waals surface area contributed by atoms with Gasteiger partial charge in [-0.1, -0.05) is 12.1 Å². The van der Waals surface area contributed by atoms with E-state index in [9.17, 15) is 9.90 Å². The van der Waals surface area contributed by atoms with Gasteiger partial charge in [-0.25, -0.2) is 0 Å². The smallest absolute Gasteiger partial charge is 0.217 e. The van der Waals surface area contributed by atoms with Crippen molar-refractivity contribution in [1.82, 2.24) is 10.2 Å². The minimum Gasteiger partial charge on any atom is -0.494 e. The molecule has 0 unspecified atom stereocenters. The van der Waals surface area contributed by atoms with E-state index in [2.05, 4.69) is 22.3 Å². The summed E-state index contributed by atoms with van der Waals surface area (Å²) < 4.78 is 5.43. The van der Waals surface area contributed by atoms with Crippen LogP contribution in [-0.4, -0.2) is 48.3 Å². The Labute approximate surface area is 125 Å². The molecule has 1 fully saturated rings. The zero-order valence-electron chi connectivity index (χ0n) is 12.7. The normalized spacial score (nSPS) is 22.2. The number of carbonyl (C=O) groups is 1. The maximum absolute atomic E-state index is 11.2. The molecule has 1 amide bonds. The van der Waals surface area contributed by atoms with E-state index < -0.39 is 0 Å². The zero-order chi connectivity index (χ0) is 15.2. The Bertz CT molecular complexity index is 461. The predicted molar refractivity (Wildman–Crippen MR) is 81.1 cm³/mol. The Morgan fingerprint density at radius 1 is 1.38 bits per heavy atom. The molecule has 1 aromatic carbocycles. The lowest BCUT2D eigenvalue weighted by molar-refractivity contribution is -0.119. The summed E-state index contributed by atoms with van der Waals surface area (Å²) in [5.41, 5.74) is 1.21. The van der Waals surface area contributed by atoms with Crippen LogP contribution in [0.5, 0.6) is 5.75 Å². The van der Waals surface area contributed by atoms with Gasteiger partial charge in [-0.05, 0) is 24.6 Å². The van der Waals surface area contributed by atoms with E-state index in [1.165, 1.54) is 12.5 Å². The molecule has 0 saturated carbocycles. The first-order valence-electron chi connectivity index (χ1n) is 7.44. The van der Waals surface area contributed by atoms with E-state index in [1.807, 2.05) is 19.1 Å². The van der Waals surface area contributed by atoms with Crippen LogP contribution in [0.25, 0.3) is 0 Å². The molecule has 2 atom stereocenters. The first kappa shape index (κ1) is 15.8. The van der Waals surface area contributed by atoms with Crippen molar-refractivity contribution >= 4 is 5.91 Å².